The molecule has 0 spiro atoms. The number of hydrogen-bond acceptors (Lipinski definition) is 5. The van der Waals surface area contributed by atoms with E-state index in [2.05, 4.69) is 9.62 Å². The Morgan fingerprint density at radius 2 is 2.00 bits per heavy atom. The van der Waals surface area contributed by atoms with Gasteiger partial charge in [-0.3, -0.25) is 4.79 Å². The Balaban J connectivity index is 3.47. The summed E-state index contributed by atoms with van der Waals surface area (Å²) in [5, 5.41) is 7.62. The summed E-state index contributed by atoms with van der Waals surface area (Å²) in [4.78, 5) is 23.3. The molecule has 0 aliphatic rings. The van der Waals surface area contributed by atoms with E-state index in [-0.39, 0.29) is 0 Å². The van der Waals surface area contributed by atoms with Gasteiger partial charge in [-0.1, -0.05) is 0 Å². The van der Waals surface area contributed by atoms with Crippen LogP contribution in [-0.2, 0) is 19.2 Å². The Labute approximate surface area is 51.1 Å². The molecule has 0 heterocycles. The van der Waals surface area contributed by atoms with Crippen LogP contribution in [-0.4, -0.2) is 24.3 Å². The van der Waals surface area contributed by atoms with Crippen molar-refractivity contribution in [2.75, 3.05) is 7.11 Å². The van der Waals surface area contributed by atoms with Crippen molar-refractivity contribution >= 4 is 11.9 Å². The number of hydrogen-bond donors (Lipinski definition) is 1. The maximum absolute atomic E-state index is 10.1. The van der Waals surface area contributed by atoms with Crippen molar-refractivity contribution in [3.63, 3.8) is 0 Å². The van der Waals surface area contributed by atoms with Crippen molar-refractivity contribution in [3.05, 3.63) is 0 Å². The van der Waals surface area contributed by atoms with Crippen LogP contribution >= 0.6 is 0 Å². The van der Waals surface area contributed by atoms with Gasteiger partial charge in [0.25, 0.3) is 0 Å². The van der Waals surface area contributed by atoms with E-state index >= 15 is 0 Å². The van der Waals surface area contributed by atoms with Crippen LogP contribution in [0, 0.1) is 0 Å². The maximum atomic E-state index is 10.1. The van der Waals surface area contributed by atoms with Gasteiger partial charge in [-0.2, -0.15) is 5.26 Å². The van der Waals surface area contributed by atoms with Gasteiger partial charge in [-0.05, 0) is 0 Å². The number of esters is 1. The van der Waals surface area contributed by atoms with Gasteiger partial charge in [-0.15, -0.1) is 0 Å². The van der Waals surface area contributed by atoms with Gasteiger partial charge in [0.15, 0.2) is 0 Å². The van der Waals surface area contributed by atoms with E-state index in [1.807, 2.05) is 0 Å². The average molecular weight is 134 g/mol. The molecule has 0 aliphatic carbocycles. The van der Waals surface area contributed by atoms with Gasteiger partial charge in [0.2, 0.25) is 0 Å². The van der Waals surface area contributed by atoms with Crippen LogP contribution in [0.3, 0.4) is 0 Å². The standard InChI is InChI=1S/C4H6O5/c1-8-3(5)2-4(6)9-7/h7H,2H2,1H3. The van der Waals surface area contributed by atoms with Crippen molar-refractivity contribution in [1.82, 2.24) is 0 Å². The van der Waals surface area contributed by atoms with Gasteiger partial charge < -0.3 is 9.62 Å². The van der Waals surface area contributed by atoms with E-state index in [4.69, 9.17) is 5.26 Å². The van der Waals surface area contributed by atoms with E-state index in [9.17, 15) is 9.59 Å². The minimum Gasteiger partial charge on any atom is -0.469 e. The molecule has 0 fully saturated rings. The number of carbonyl (C=O) groups is 2. The zero-order valence-electron chi connectivity index (χ0n) is 4.79. The Hall–Kier alpha value is -1.10. The molecular weight excluding hydrogens is 128 g/mol. The SMILES string of the molecule is COC(=O)CC(=O)OO. The molecule has 5 heteroatoms. The molecule has 0 saturated heterocycles. The summed E-state index contributed by atoms with van der Waals surface area (Å²) in [7, 11) is 1.13. The molecule has 0 atom stereocenters. The quantitative estimate of drug-likeness (QED) is 0.240. The van der Waals surface area contributed by atoms with Crippen LogP contribution in [0.1, 0.15) is 6.42 Å². The highest BCUT2D eigenvalue weighted by atomic mass is 17.1. The minimum absolute atomic E-state index is 0.562. The molecule has 0 aromatic heterocycles. The van der Waals surface area contributed by atoms with Crippen molar-refractivity contribution in [1.29, 1.82) is 0 Å². The maximum Gasteiger partial charge on any atom is 0.353 e. The van der Waals surface area contributed by atoms with Crippen LogP contribution in [0.15, 0.2) is 0 Å². The second kappa shape index (κ2) is 3.85. The highest BCUT2D eigenvalue weighted by molar-refractivity contribution is 5.90. The zero-order valence-corrected chi connectivity index (χ0v) is 4.79. The van der Waals surface area contributed by atoms with Crippen LogP contribution in [0.4, 0.5) is 0 Å². The fraction of sp³-hybridized carbons (Fsp3) is 0.500. The summed E-state index contributed by atoms with van der Waals surface area (Å²) in [5.74, 6) is -1.77. The molecule has 52 valence electrons. The lowest BCUT2D eigenvalue weighted by atomic mass is 10.4. The summed E-state index contributed by atoms with van der Waals surface area (Å²) in [5.41, 5.74) is 0. The second-order valence-corrected chi connectivity index (χ2v) is 1.22. The van der Waals surface area contributed by atoms with Crippen LogP contribution in [0.25, 0.3) is 0 Å². The number of methoxy groups -OCH3 is 1. The summed E-state index contributed by atoms with van der Waals surface area (Å²) in [6.45, 7) is 0. The third kappa shape index (κ3) is 3.48. The molecular formula is C4H6O5. The number of ether oxygens (including phenoxy) is 1. The normalized spacial score (nSPS) is 8.22. The first-order valence-electron chi connectivity index (χ1n) is 2.11. The molecule has 0 rings (SSSR count). The molecule has 0 amide bonds. The first-order valence-corrected chi connectivity index (χ1v) is 2.11. The molecule has 0 aromatic carbocycles. The summed E-state index contributed by atoms with van der Waals surface area (Å²) in [6.07, 6.45) is -0.562. The monoisotopic (exact) mass is 134 g/mol. The molecule has 0 aliphatic heterocycles. The fourth-order valence-corrected chi connectivity index (χ4v) is 0.222. The Kier molecular flexibility index (Phi) is 3.38. The van der Waals surface area contributed by atoms with Crippen molar-refractivity contribution in [3.8, 4) is 0 Å². The predicted octanol–water partition coefficient (Wildman–Crippen LogP) is -0.434. The summed E-state index contributed by atoms with van der Waals surface area (Å²) >= 11 is 0. The minimum atomic E-state index is -1.03. The highest BCUT2D eigenvalue weighted by Gasteiger charge is 2.09. The lowest BCUT2D eigenvalue weighted by Crippen LogP contribution is -2.10. The molecule has 5 nitrogen and oxygen atoms in total. The van der Waals surface area contributed by atoms with E-state index in [0.717, 1.165) is 7.11 Å². The summed E-state index contributed by atoms with van der Waals surface area (Å²) < 4.78 is 4.07. The van der Waals surface area contributed by atoms with Gasteiger partial charge in [0.05, 0.1) is 7.11 Å². The van der Waals surface area contributed by atoms with E-state index in [1.165, 1.54) is 0 Å². The lowest BCUT2D eigenvalue weighted by Gasteiger charge is -1.93. The molecule has 0 saturated carbocycles. The Bertz CT molecular complexity index is 104. The molecule has 0 unspecified atom stereocenters. The third-order valence-corrected chi connectivity index (χ3v) is 0.618. The number of carbonyl (C=O) groups excluding carboxylic acids is 2. The predicted molar refractivity (Wildman–Crippen MR) is 25.4 cm³/mol. The molecule has 9 heavy (non-hydrogen) atoms. The largest absolute Gasteiger partial charge is 0.469 e. The van der Waals surface area contributed by atoms with E-state index in [0.29, 0.717) is 0 Å². The third-order valence-electron chi connectivity index (χ3n) is 0.618. The molecule has 0 bridgehead atoms. The molecule has 0 radical (unpaired) electrons. The summed E-state index contributed by atoms with van der Waals surface area (Å²) in [6, 6.07) is 0. The highest BCUT2D eigenvalue weighted by Crippen LogP contribution is 1.85. The van der Waals surface area contributed by atoms with E-state index < -0.39 is 18.4 Å². The first-order chi connectivity index (χ1) is 4.20. The molecule has 0 aromatic rings. The van der Waals surface area contributed by atoms with Gasteiger partial charge in [0.1, 0.15) is 6.42 Å². The topological polar surface area (TPSA) is 72.8 Å². The van der Waals surface area contributed by atoms with Crippen LogP contribution < -0.4 is 0 Å². The Morgan fingerprint density at radius 1 is 1.44 bits per heavy atom. The van der Waals surface area contributed by atoms with Crippen molar-refractivity contribution in [2.45, 2.75) is 6.42 Å². The van der Waals surface area contributed by atoms with Crippen molar-refractivity contribution < 1.29 is 24.5 Å². The average Bonchev–Trinajstić information content (AvgIpc) is 1.87. The second-order valence-electron chi connectivity index (χ2n) is 1.22. The Morgan fingerprint density at radius 3 is 2.33 bits per heavy atom. The lowest BCUT2D eigenvalue weighted by molar-refractivity contribution is -0.234. The van der Waals surface area contributed by atoms with Crippen LogP contribution in [0.5, 0.6) is 0 Å². The van der Waals surface area contributed by atoms with Gasteiger partial charge >= 0.3 is 11.9 Å². The molecule has 1 N–H and O–H groups in total. The zero-order chi connectivity index (χ0) is 7.28. The fourth-order valence-electron chi connectivity index (χ4n) is 0.222. The smallest absolute Gasteiger partial charge is 0.353 e. The van der Waals surface area contributed by atoms with Gasteiger partial charge in [0, 0.05) is 0 Å². The first kappa shape index (κ1) is 7.90. The van der Waals surface area contributed by atoms with Crippen molar-refractivity contribution in [2.24, 2.45) is 0 Å². The van der Waals surface area contributed by atoms with Gasteiger partial charge in [-0.25, -0.2) is 4.79 Å². The van der Waals surface area contributed by atoms with E-state index in [1.54, 1.807) is 0 Å². The van der Waals surface area contributed by atoms with Crippen LogP contribution in [0.2, 0.25) is 0 Å². The number of rotatable bonds is 2.